The molecule has 1 atom stereocenters. The number of nitrogens with one attached hydrogen (secondary N) is 2. The van der Waals surface area contributed by atoms with Crippen LogP contribution in [-0.2, 0) is 4.79 Å². The molecule has 1 aromatic rings. The van der Waals surface area contributed by atoms with Crippen molar-refractivity contribution in [3.63, 3.8) is 0 Å². The van der Waals surface area contributed by atoms with Gasteiger partial charge in [0.15, 0.2) is 5.96 Å². The fourth-order valence-electron chi connectivity index (χ4n) is 3.74. The average Bonchev–Trinajstić information content (AvgIpc) is 2.66. The molecule has 2 aliphatic rings. The van der Waals surface area contributed by atoms with Gasteiger partial charge in [0.25, 0.3) is 0 Å². The molecular weight excluding hydrogens is 501 g/mol. The molecule has 3 rings (SSSR count). The number of amides is 1. The summed E-state index contributed by atoms with van der Waals surface area (Å²) in [7, 11) is 1.78. The molecular formula is C21H33ClIN5O. The van der Waals surface area contributed by atoms with Crippen molar-refractivity contribution in [2.75, 3.05) is 46.3 Å². The molecule has 2 N–H and O–H groups in total. The van der Waals surface area contributed by atoms with Gasteiger partial charge in [-0.25, -0.2) is 0 Å². The first-order chi connectivity index (χ1) is 13.6. The maximum atomic E-state index is 12.3. The first kappa shape index (κ1) is 24.2. The fraction of sp³-hybridized carbons (Fsp3) is 0.619. The molecule has 1 saturated carbocycles. The second-order valence-corrected chi connectivity index (χ2v) is 8.09. The van der Waals surface area contributed by atoms with Gasteiger partial charge in [-0.05, 0) is 31.4 Å². The number of carbonyl (C=O) groups excluding carboxylic acids is 1. The predicted molar refractivity (Wildman–Crippen MR) is 130 cm³/mol. The lowest BCUT2D eigenvalue weighted by atomic mass is 9.84. The molecule has 1 saturated heterocycles. The summed E-state index contributed by atoms with van der Waals surface area (Å²) in [4.78, 5) is 21.1. The third-order valence-corrected chi connectivity index (χ3v) is 6.15. The molecule has 1 aliphatic carbocycles. The number of rotatable bonds is 6. The van der Waals surface area contributed by atoms with Crippen LogP contribution in [0.4, 0.5) is 0 Å². The Hall–Kier alpha value is -1.06. The largest absolute Gasteiger partial charge is 0.355 e. The minimum Gasteiger partial charge on any atom is -0.355 e. The Morgan fingerprint density at radius 2 is 1.93 bits per heavy atom. The normalized spacial score (nSPS) is 19.1. The van der Waals surface area contributed by atoms with E-state index in [9.17, 15) is 4.79 Å². The minimum absolute atomic E-state index is 0. The van der Waals surface area contributed by atoms with Crippen molar-refractivity contribution in [2.24, 2.45) is 10.9 Å². The van der Waals surface area contributed by atoms with Crippen molar-refractivity contribution in [2.45, 2.75) is 32.2 Å². The van der Waals surface area contributed by atoms with Gasteiger partial charge in [-0.3, -0.25) is 14.7 Å². The molecule has 1 aliphatic heterocycles. The zero-order valence-electron chi connectivity index (χ0n) is 17.4. The average molecular weight is 534 g/mol. The first-order valence-corrected chi connectivity index (χ1v) is 10.7. The molecule has 1 heterocycles. The zero-order chi connectivity index (χ0) is 19.9. The van der Waals surface area contributed by atoms with Gasteiger partial charge in [0.2, 0.25) is 5.91 Å². The number of halogens is 2. The number of guanidine groups is 1. The molecule has 0 spiro atoms. The number of nitrogens with zero attached hydrogens (tertiary/aromatic N) is 3. The van der Waals surface area contributed by atoms with Crippen LogP contribution >= 0.6 is 35.6 Å². The van der Waals surface area contributed by atoms with Gasteiger partial charge >= 0.3 is 0 Å². The molecule has 1 amide bonds. The van der Waals surface area contributed by atoms with E-state index >= 15 is 0 Å². The molecule has 1 aromatic carbocycles. The van der Waals surface area contributed by atoms with Crippen LogP contribution in [0.1, 0.15) is 37.8 Å². The number of aliphatic imine (C=N–C) groups is 1. The SMILES string of the molecule is CN=C(NCCN1CCN(C(=O)C2CCC2)CC1)NC(C)c1ccccc1Cl.I. The van der Waals surface area contributed by atoms with Crippen molar-refractivity contribution in [3.05, 3.63) is 34.9 Å². The van der Waals surface area contributed by atoms with Gasteiger partial charge in [-0.2, -0.15) is 0 Å². The monoisotopic (exact) mass is 533 g/mol. The van der Waals surface area contributed by atoms with E-state index < -0.39 is 0 Å². The van der Waals surface area contributed by atoms with Crippen molar-refractivity contribution in [1.29, 1.82) is 0 Å². The van der Waals surface area contributed by atoms with Gasteiger partial charge in [0.05, 0.1) is 6.04 Å². The molecule has 1 unspecified atom stereocenters. The molecule has 0 aromatic heterocycles. The lowest BCUT2D eigenvalue weighted by molar-refractivity contribution is -0.139. The summed E-state index contributed by atoms with van der Waals surface area (Å²) in [6, 6.07) is 7.93. The predicted octanol–water partition coefficient (Wildman–Crippen LogP) is 3.13. The van der Waals surface area contributed by atoms with Gasteiger partial charge in [-0.15, -0.1) is 24.0 Å². The molecule has 162 valence electrons. The van der Waals surface area contributed by atoms with E-state index in [-0.39, 0.29) is 30.0 Å². The molecule has 8 heteroatoms. The minimum atomic E-state index is 0. The van der Waals surface area contributed by atoms with Crippen LogP contribution in [0.15, 0.2) is 29.3 Å². The van der Waals surface area contributed by atoms with E-state index in [0.717, 1.165) is 68.7 Å². The lowest BCUT2D eigenvalue weighted by Gasteiger charge is -2.38. The van der Waals surface area contributed by atoms with Crippen LogP contribution < -0.4 is 10.6 Å². The summed E-state index contributed by atoms with van der Waals surface area (Å²) in [5, 5.41) is 7.53. The Balaban J connectivity index is 0.00000300. The lowest BCUT2D eigenvalue weighted by Crippen LogP contribution is -2.52. The fourth-order valence-corrected chi connectivity index (χ4v) is 4.04. The van der Waals surface area contributed by atoms with Crippen LogP contribution in [-0.4, -0.2) is 68.0 Å². The Morgan fingerprint density at radius 1 is 1.24 bits per heavy atom. The van der Waals surface area contributed by atoms with Crippen molar-refractivity contribution >= 4 is 47.4 Å². The van der Waals surface area contributed by atoms with Gasteiger partial charge < -0.3 is 15.5 Å². The zero-order valence-corrected chi connectivity index (χ0v) is 20.5. The highest BCUT2D eigenvalue weighted by atomic mass is 127. The molecule has 6 nitrogen and oxygen atoms in total. The van der Waals surface area contributed by atoms with Crippen LogP contribution in [0.2, 0.25) is 5.02 Å². The smallest absolute Gasteiger partial charge is 0.225 e. The summed E-state index contributed by atoms with van der Waals surface area (Å²) in [5.74, 6) is 1.45. The number of hydrogen-bond donors (Lipinski definition) is 2. The summed E-state index contributed by atoms with van der Waals surface area (Å²) < 4.78 is 0. The number of piperazine rings is 1. The van der Waals surface area contributed by atoms with E-state index in [2.05, 4.69) is 32.3 Å². The van der Waals surface area contributed by atoms with Crippen molar-refractivity contribution in [3.8, 4) is 0 Å². The van der Waals surface area contributed by atoms with Gasteiger partial charge in [0.1, 0.15) is 0 Å². The third-order valence-electron chi connectivity index (χ3n) is 5.81. The highest BCUT2D eigenvalue weighted by Gasteiger charge is 2.31. The van der Waals surface area contributed by atoms with Crippen molar-refractivity contribution in [1.82, 2.24) is 20.4 Å². The molecule has 0 bridgehead atoms. The van der Waals surface area contributed by atoms with Gasteiger partial charge in [0, 0.05) is 57.3 Å². The summed E-state index contributed by atoms with van der Waals surface area (Å²) in [6.45, 7) is 7.42. The topological polar surface area (TPSA) is 60.0 Å². The Bertz CT molecular complexity index is 689. The van der Waals surface area contributed by atoms with Crippen molar-refractivity contribution < 1.29 is 4.79 Å². The van der Waals surface area contributed by atoms with Crippen LogP contribution in [0.5, 0.6) is 0 Å². The second kappa shape index (κ2) is 12.0. The Labute approximate surface area is 196 Å². The number of hydrogen-bond acceptors (Lipinski definition) is 3. The standard InChI is InChI=1S/C21H32ClN5O.HI/c1-16(18-8-3-4-9-19(18)22)25-21(23-2)24-10-11-26-12-14-27(15-13-26)20(28)17-6-5-7-17;/h3-4,8-9,16-17H,5-7,10-15H2,1-2H3,(H2,23,24,25);1H. The molecule has 0 radical (unpaired) electrons. The number of benzene rings is 1. The van der Waals surface area contributed by atoms with E-state index in [1.54, 1.807) is 7.05 Å². The summed E-state index contributed by atoms with van der Waals surface area (Å²) >= 11 is 6.28. The Kier molecular flexibility index (Phi) is 9.98. The van der Waals surface area contributed by atoms with E-state index in [1.165, 1.54) is 6.42 Å². The van der Waals surface area contributed by atoms with Crippen LogP contribution in [0, 0.1) is 5.92 Å². The summed E-state index contributed by atoms with van der Waals surface area (Å²) in [5.41, 5.74) is 1.05. The van der Waals surface area contributed by atoms with E-state index in [0.29, 0.717) is 11.8 Å². The number of carbonyl (C=O) groups is 1. The first-order valence-electron chi connectivity index (χ1n) is 10.3. The van der Waals surface area contributed by atoms with Crippen LogP contribution in [0.3, 0.4) is 0 Å². The third kappa shape index (κ3) is 6.72. The maximum absolute atomic E-state index is 12.3. The Morgan fingerprint density at radius 3 is 2.52 bits per heavy atom. The highest BCUT2D eigenvalue weighted by Crippen LogP contribution is 2.28. The molecule has 29 heavy (non-hydrogen) atoms. The maximum Gasteiger partial charge on any atom is 0.225 e. The quantitative estimate of drug-likeness (QED) is 0.335. The van der Waals surface area contributed by atoms with Crippen LogP contribution in [0.25, 0.3) is 0 Å². The highest BCUT2D eigenvalue weighted by molar-refractivity contribution is 14.0. The molecule has 2 fully saturated rings. The van der Waals surface area contributed by atoms with Gasteiger partial charge in [-0.1, -0.05) is 36.2 Å². The van der Waals surface area contributed by atoms with E-state index in [1.807, 2.05) is 24.3 Å². The second-order valence-electron chi connectivity index (χ2n) is 7.68. The summed E-state index contributed by atoms with van der Waals surface area (Å²) in [6.07, 6.45) is 3.38. The van der Waals surface area contributed by atoms with E-state index in [4.69, 9.17) is 11.6 Å².